The van der Waals surface area contributed by atoms with Crippen LogP contribution in [-0.2, 0) is 0 Å². The first-order valence-electron chi connectivity index (χ1n) is 7.88. The molecule has 1 heterocycles. The number of aliphatic imine (C=N–C) groups is 1. The van der Waals surface area contributed by atoms with Gasteiger partial charge >= 0.3 is 0 Å². The minimum atomic E-state index is -0.409. The van der Waals surface area contributed by atoms with Gasteiger partial charge in [-0.3, -0.25) is 4.99 Å². The predicted octanol–water partition coefficient (Wildman–Crippen LogP) is 3.74. The second kappa shape index (κ2) is 10.0. The monoisotopic (exact) mass is 266 g/mol. The lowest BCUT2D eigenvalue weighted by Gasteiger charge is -2.22. The first-order chi connectivity index (χ1) is 9.25. The Labute approximate surface area is 118 Å². The van der Waals surface area contributed by atoms with Crippen LogP contribution in [0.3, 0.4) is 0 Å². The second-order valence-corrected chi connectivity index (χ2v) is 5.36. The molecule has 0 saturated heterocycles. The third-order valence-corrected chi connectivity index (χ3v) is 3.61. The molecular weight excluding hydrogens is 236 g/mol. The van der Waals surface area contributed by atoms with E-state index in [9.17, 15) is 5.11 Å². The van der Waals surface area contributed by atoms with Crippen LogP contribution in [0.15, 0.2) is 17.1 Å². The molecule has 1 atom stereocenters. The van der Waals surface area contributed by atoms with Crippen LogP contribution in [0.1, 0.15) is 65.2 Å². The molecule has 3 nitrogen and oxygen atoms in total. The molecule has 1 N–H and O–H groups in total. The van der Waals surface area contributed by atoms with Crippen LogP contribution in [0.25, 0.3) is 0 Å². The summed E-state index contributed by atoms with van der Waals surface area (Å²) in [5.41, 5.74) is 0. The molecule has 1 aliphatic rings. The van der Waals surface area contributed by atoms with E-state index in [1.54, 1.807) is 6.92 Å². The van der Waals surface area contributed by atoms with Crippen molar-refractivity contribution in [2.45, 2.75) is 71.4 Å². The van der Waals surface area contributed by atoms with Crippen molar-refractivity contribution in [2.75, 3.05) is 13.1 Å². The molecule has 1 aliphatic heterocycles. The second-order valence-electron chi connectivity index (χ2n) is 5.36. The van der Waals surface area contributed by atoms with Crippen molar-refractivity contribution in [2.24, 2.45) is 4.99 Å². The first kappa shape index (κ1) is 16.2. The number of aliphatic hydroxyl groups excluding tert-OH is 1. The van der Waals surface area contributed by atoms with Gasteiger partial charge in [-0.1, -0.05) is 51.2 Å². The smallest absolute Gasteiger partial charge is 0.125 e. The molecule has 0 spiro atoms. The van der Waals surface area contributed by atoms with Gasteiger partial charge in [0.1, 0.15) is 12.1 Å². The van der Waals surface area contributed by atoms with Gasteiger partial charge in [0.25, 0.3) is 0 Å². The zero-order valence-electron chi connectivity index (χ0n) is 12.6. The van der Waals surface area contributed by atoms with Gasteiger partial charge in [0, 0.05) is 13.0 Å². The first-order valence-corrected chi connectivity index (χ1v) is 7.88. The van der Waals surface area contributed by atoms with E-state index in [0.717, 1.165) is 25.3 Å². The van der Waals surface area contributed by atoms with Crippen molar-refractivity contribution < 1.29 is 5.11 Å². The van der Waals surface area contributed by atoms with Gasteiger partial charge in [0.05, 0.1) is 6.54 Å². The van der Waals surface area contributed by atoms with E-state index < -0.39 is 6.23 Å². The number of rotatable bonds is 10. The summed E-state index contributed by atoms with van der Waals surface area (Å²) in [4.78, 5) is 6.42. The van der Waals surface area contributed by atoms with E-state index in [4.69, 9.17) is 0 Å². The summed E-state index contributed by atoms with van der Waals surface area (Å²) >= 11 is 0. The molecule has 0 aliphatic carbocycles. The van der Waals surface area contributed by atoms with Crippen LogP contribution in [0, 0.1) is 0 Å². The lowest BCUT2D eigenvalue weighted by Crippen LogP contribution is -2.35. The third kappa shape index (κ3) is 6.76. The van der Waals surface area contributed by atoms with Gasteiger partial charge in [0.15, 0.2) is 0 Å². The Hall–Kier alpha value is -0.830. The van der Waals surface area contributed by atoms with Gasteiger partial charge in [-0.15, -0.1) is 0 Å². The lowest BCUT2D eigenvalue weighted by atomic mass is 10.1. The van der Waals surface area contributed by atoms with Crippen LogP contribution in [0.4, 0.5) is 0 Å². The fraction of sp³-hybridized carbons (Fsp3) is 0.812. The summed E-state index contributed by atoms with van der Waals surface area (Å²) in [6.45, 7) is 5.75. The average molecular weight is 266 g/mol. The Bertz CT molecular complexity index is 284. The molecule has 110 valence electrons. The highest BCUT2D eigenvalue weighted by Gasteiger charge is 2.18. The summed E-state index contributed by atoms with van der Waals surface area (Å²) in [6, 6.07) is 0. The largest absolute Gasteiger partial charge is 0.374 e. The highest BCUT2D eigenvalue weighted by Crippen LogP contribution is 2.10. The summed E-state index contributed by atoms with van der Waals surface area (Å²) in [5.74, 6) is 1.04. The molecule has 0 aromatic heterocycles. The van der Waals surface area contributed by atoms with Crippen molar-refractivity contribution in [1.29, 1.82) is 0 Å². The zero-order valence-corrected chi connectivity index (χ0v) is 12.6. The molecule has 0 radical (unpaired) electrons. The van der Waals surface area contributed by atoms with Crippen LogP contribution < -0.4 is 0 Å². The number of hydrogen-bond donors (Lipinski definition) is 1. The van der Waals surface area contributed by atoms with Crippen LogP contribution in [0.2, 0.25) is 0 Å². The Balaban J connectivity index is 2.04. The summed E-state index contributed by atoms with van der Waals surface area (Å²) < 4.78 is 0. The standard InChI is InChI=1S/C16H30N2O/c1-3-4-5-6-7-8-9-10-11-12-16-17-13-14-18(16)15(2)19/h10-11,15,19H,3-9,12-14H2,1-2H3/b11-10+. The van der Waals surface area contributed by atoms with E-state index in [1.807, 2.05) is 4.90 Å². The van der Waals surface area contributed by atoms with Crippen molar-refractivity contribution in [3.63, 3.8) is 0 Å². The van der Waals surface area contributed by atoms with Crippen LogP contribution in [0.5, 0.6) is 0 Å². The fourth-order valence-electron chi connectivity index (χ4n) is 2.44. The topological polar surface area (TPSA) is 35.8 Å². The van der Waals surface area contributed by atoms with E-state index in [-0.39, 0.29) is 0 Å². The normalized spacial score (nSPS) is 17.2. The number of unbranched alkanes of at least 4 members (excludes halogenated alkanes) is 6. The van der Waals surface area contributed by atoms with E-state index >= 15 is 0 Å². The summed E-state index contributed by atoms with van der Waals surface area (Å²) in [5, 5.41) is 9.59. The molecule has 0 amide bonds. The van der Waals surface area contributed by atoms with E-state index in [2.05, 4.69) is 24.1 Å². The minimum absolute atomic E-state index is 0.409. The molecular formula is C16H30N2O. The molecule has 0 bridgehead atoms. The maximum Gasteiger partial charge on any atom is 0.125 e. The van der Waals surface area contributed by atoms with E-state index in [1.165, 1.54) is 44.9 Å². The quantitative estimate of drug-likeness (QED) is 0.483. The number of amidine groups is 1. The van der Waals surface area contributed by atoms with Crippen molar-refractivity contribution in [3.8, 4) is 0 Å². The fourth-order valence-corrected chi connectivity index (χ4v) is 2.44. The van der Waals surface area contributed by atoms with Crippen LogP contribution >= 0.6 is 0 Å². The van der Waals surface area contributed by atoms with Gasteiger partial charge in [-0.25, -0.2) is 0 Å². The van der Waals surface area contributed by atoms with Crippen LogP contribution in [-0.4, -0.2) is 35.2 Å². The number of hydrogen-bond acceptors (Lipinski definition) is 3. The Morgan fingerprint density at radius 1 is 1.21 bits per heavy atom. The SMILES string of the molecule is CCCCCCCC/C=C/CC1=NCCN1C(C)O. The number of allylic oxidation sites excluding steroid dienone is 1. The van der Waals surface area contributed by atoms with Crippen molar-refractivity contribution >= 4 is 5.84 Å². The predicted molar refractivity (Wildman–Crippen MR) is 82.4 cm³/mol. The minimum Gasteiger partial charge on any atom is -0.374 e. The Morgan fingerprint density at radius 2 is 1.95 bits per heavy atom. The summed E-state index contributed by atoms with van der Waals surface area (Å²) in [6.07, 6.45) is 14.2. The Kier molecular flexibility index (Phi) is 8.55. The molecule has 0 fully saturated rings. The van der Waals surface area contributed by atoms with E-state index in [0.29, 0.717) is 0 Å². The number of nitrogens with zero attached hydrogens (tertiary/aromatic N) is 2. The van der Waals surface area contributed by atoms with Crippen molar-refractivity contribution in [3.05, 3.63) is 12.2 Å². The molecule has 1 unspecified atom stereocenters. The Morgan fingerprint density at radius 3 is 2.68 bits per heavy atom. The summed E-state index contributed by atoms with van der Waals surface area (Å²) in [7, 11) is 0. The molecule has 1 rings (SSSR count). The molecule has 0 aromatic carbocycles. The molecule has 3 heteroatoms. The van der Waals surface area contributed by atoms with Gasteiger partial charge in [0.2, 0.25) is 0 Å². The third-order valence-electron chi connectivity index (χ3n) is 3.61. The average Bonchev–Trinajstić information content (AvgIpc) is 2.85. The zero-order chi connectivity index (χ0) is 13.9. The maximum absolute atomic E-state index is 9.59. The number of aliphatic hydroxyl groups is 1. The molecule has 19 heavy (non-hydrogen) atoms. The highest BCUT2D eigenvalue weighted by atomic mass is 16.3. The molecule has 0 saturated carbocycles. The highest BCUT2D eigenvalue weighted by molar-refractivity contribution is 5.85. The van der Waals surface area contributed by atoms with Crippen molar-refractivity contribution in [1.82, 2.24) is 4.90 Å². The van der Waals surface area contributed by atoms with Gasteiger partial charge < -0.3 is 10.0 Å². The molecule has 0 aromatic rings. The van der Waals surface area contributed by atoms with Gasteiger partial charge in [-0.05, 0) is 19.8 Å². The lowest BCUT2D eigenvalue weighted by molar-refractivity contribution is 0.0771. The maximum atomic E-state index is 9.59. The van der Waals surface area contributed by atoms with Gasteiger partial charge in [-0.2, -0.15) is 0 Å².